The lowest BCUT2D eigenvalue weighted by molar-refractivity contribution is -0.385. The van der Waals surface area contributed by atoms with Crippen LogP contribution in [0.3, 0.4) is 0 Å². The van der Waals surface area contributed by atoms with Crippen molar-refractivity contribution in [2.75, 3.05) is 38.0 Å². The first-order valence-corrected chi connectivity index (χ1v) is 9.96. The molecule has 0 N–H and O–H groups in total. The minimum atomic E-state index is -0.467. The fraction of sp³-hybridized carbons (Fsp3) is 0.261. The molecule has 0 atom stereocenters. The van der Waals surface area contributed by atoms with Crippen molar-refractivity contribution in [1.29, 1.82) is 0 Å². The van der Waals surface area contributed by atoms with Crippen molar-refractivity contribution >= 4 is 40.7 Å². The molecule has 32 heavy (non-hydrogen) atoms. The third kappa shape index (κ3) is 4.66. The van der Waals surface area contributed by atoms with E-state index in [-0.39, 0.29) is 17.2 Å². The van der Waals surface area contributed by atoms with Crippen LogP contribution in [0.4, 0.5) is 22.7 Å². The molecule has 3 rings (SSSR count). The molecule has 0 aromatic heterocycles. The summed E-state index contributed by atoms with van der Waals surface area (Å²) in [6.45, 7) is 0. The highest BCUT2D eigenvalue weighted by Crippen LogP contribution is 2.34. The van der Waals surface area contributed by atoms with Crippen LogP contribution in [0.25, 0.3) is 12.2 Å². The molecule has 9 nitrogen and oxygen atoms in total. The molecule has 1 saturated carbocycles. The number of carbonyl (C=O) groups excluding carboxylic acids is 1. The second-order valence-electron chi connectivity index (χ2n) is 7.96. The molecule has 0 saturated heterocycles. The van der Waals surface area contributed by atoms with E-state index in [2.05, 4.69) is 0 Å². The normalized spacial score (nSPS) is 15.9. The summed E-state index contributed by atoms with van der Waals surface area (Å²) < 4.78 is 0. The van der Waals surface area contributed by atoms with Crippen molar-refractivity contribution in [3.05, 3.63) is 78.9 Å². The van der Waals surface area contributed by atoms with Gasteiger partial charge in [0.1, 0.15) is 0 Å². The quantitative estimate of drug-likeness (QED) is 0.373. The molecule has 0 unspecified atom stereocenters. The highest BCUT2D eigenvalue weighted by molar-refractivity contribution is 6.16. The number of ketones is 1. The fourth-order valence-electron chi connectivity index (χ4n) is 3.53. The Balaban J connectivity index is 1.96. The topological polar surface area (TPSA) is 110 Å². The minimum absolute atomic E-state index is 0.0798. The molecular formula is C23H24N4O5. The number of nitro groups is 2. The molecule has 0 aliphatic heterocycles. The Hall–Kier alpha value is -4.01. The lowest BCUT2D eigenvalue weighted by Crippen LogP contribution is -2.09. The van der Waals surface area contributed by atoms with Gasteiger partial charge in [-0.05, 0) is 49.3 Å². The van der Waals surface area contributed by atoms with Crippen molar-refractivity contribution < 1.29 is 14.6 Å². The summed E-state index contributed by atoms with van der Waals surface area (Å²) in [6.07, 6.45) is 3.93. The number of benzene rings is 2. The minimum Gasteiger partial charge on any atom is -0.377 e. The van der Waals surface area contributed by atoms with Crippen LogP contribution in [0.5, 0.6) is 0 Å². The van der Waals surface area contributed by atoms with E-state index in [0.717, 1.165) is 0 Å². The van der Waals surface area contributed by atoms with Gasteiger partial charge in [-0.15, -0.1) is 0 Å². The van der Waals surface area contributed by atoms with Crippen molar-refractivity contribution in [3.63, 3.8) is 0 Å². The van der Waals surface area contributed by atoms with Crippen LogP contribution in [0.1, 0.15) is 24.0 Å². The number of Topliss-reactive ketones (excluding diaryl/α,β-unsaturated/α-hetero) is 1. The van der Waals surface area contributed by atoms with Gasteiger partial charge in [0.25, 0.3) is 11.4 Å². The maximum Gasteiger partial charge on any atom is 0.278 e. The Bertz CT molecular complexity index is 1080. The molecule has 2 aromatic rings. The number of rotatable bonds is 6. The maximum absolute atomic E-state index is 12.9. The second-order valence-corrected chi connectivity index (χ2v) is 7.96. The number of anilines is 2. The van der Waals surface area contributed by atoms with E-state index in [1.165, 1.54) is 12.1 Å². The molecule has 1 fully saturated rings. The molecule has 0 amide bonds. The molecular weight excluding hydrogens is 412 g/mol. The standard InChI is InChI=1S/C23H24N4O5/c1-24(2)19-9-7-15(21(13-19)26(29)30)11-17-5-6-18(23(17)28)12-16-8-10-20(25(3)4)14-22(16)27(31)32/h7-14H,5-6H2,1-4H3/b17-11+,18-12+. The Labute approximate surface area is 185 Å². The van der Waals surface area contributed by atoms with Gasteiger partial charge >= 0.3 is 0 Å². The van der Waals surface area contributed by atoms with Crippen LogP contribution in [0.2, 0.25) is 0 Å². The highest BCUT2D eigenvalue weighted by atomic mass is 16.6. The Kier molecular flexibility index (Phi) is 6.38. The molecule has 0 heterocycles. The summed E-state index contributed by atoms with van der Waals surface area (Å²) in [4.78, 5) is 38.6. The van der Waals surface area contributed by atoms with Crippen molar-refractivity contribution in [2.45, 2.75) is 12.8 Å². The van der Waals surface area contributed by atoms with E-state index in [9.17, 15) is 25.0 Å². The third-order valence-electron chi connectivity index (χ3n) is 5.36. The van der Waals surface area contributed by atoms with E-state index in [4.69, 9.17) is 0 Å². The van der Waals surface area contributed by atoms with Crippen LogP contribution in [-0.2, 0) is 4.79 Å². The average Bonchev–Trinajstić information content (AvgIpc) is 3.07. The van der Waals surface area contributed by atoms with Crippen LogP contribution in [0.15, 0.2) is 47.5 Å². The lowest BCUT2D eigenvalue weighted by Gasteiger charge is -2.12. The largest absolute Gasteiger partial charge is 0.377 e. The zero-order chi connectivity index (χ0) is 23.6. The Morgan fingerprint density at radius 3 is 1.44 bits per heavy atom. The van der Waals surface area contributed by atoms with Crippen molar-refractivity contribution in [1.82, 2.24) is 0 Å². The molecule has 0 radical (unpaired) electrons. The van der Waals surface area contributed by atoms with Crippen molar-refractivity contribution in [2.24, 2.45) is 0 Å². The first-order chi connectivity index (χ1) is 15.1. The number of nitrogens with zero attached hydrogens (tertiary/aromatic N) is 4. The van der Waals surface area contributed by atoms with Crippen LogP contribution in [-0.4, -0.2) is 43.8 Å². The number of hydrogen-bond acceptors (Lipinski definition) is 7. The molecule has 0 spiro atoms. The SMILES string of the molecule is CN(C)c1ccc(/C=C2\CC/C(=C\c3ccc(N(C)C)cc3[N+](=O)[O-])C2=O)c([N+](=O)[O-])c1. The van der Waals surface area contributed by atoms with Gasteiger partial charge in [0.15, 0.2) is 5.78 Å². The van der Waals surface area contributed by atoms with Crippen LogP contribution < -0.4 is 9.80 Å². The molecule has 1 aliphatic rings. The second kappa shape index (κ2) is 9.01. The van der Waals surface area contributed by atoms with Gasteiger partial charge in [0.2, 0.25) is 0 Å². The first kappa shape index (κ1) is 22.7. The van der Waals surface area contributed by atoms with Crippen LogP contribution in [0, 0.1) is 20.2 Å². The summed E-state index contributed by atoms with van der Waals surface area (Å²) in [6, 6.07) is 9.70. The van der Waals surface area contributed by atoms with Crippen molar-refractivity contribution in [3.8, 4) is 0 Å². The monoisotopic (exact) mass is 436 g/mol. The molecule has 2 aromatic carbocycles. The Morgan fingerprint density at radius 1 is 0.750 bits per heavy atom. The summed E-state index contributed by atoms with van der Waals surface area (Å²) in [7, 11) is 7.16. The lowest BCUT2D eigenvalue weighted by atomic mass is 10.0. The van der Waals surface area contributed by atoms with Crippen LogP contribution >= 0.6 is 0 Å². The molecule has 0 bridgehead atoms. The van der Waals surface area contributed by atoms with E-state index >= 15 is 0 Å². The van der Waals surface area contributed by atoms with E-state index in [0.29, 0.717) is 46.5 Å². The number of carbonyl (C=O) groups is 1. The fourth-order valence-corrected chi connectivity index (χ4v) is 3.53. The van der Waals surface area contributed by atoms with Gasteiger partial charge in [-0.25, -0.2) is 0 Å². The zero-order valence-corrected chi connectivity index (χ0v) is 18.4. The molecule has 9 heteroatoms. The summed E-state index contributed by atoms with van der Waals surface area (Å²) in [5.74, 6) is -0.248. The van der Waals surface area contributed by atoms with Gasteiger partial charge in [-0.2, -0.15) is 0 Å². The average molecular weight is 436 g/mol. The molecule has 1 aliphatic carbocycles. The van der Waals surface area contributed by atoms with E-state index in [1.54, 1.807) is 74.4 Å². The summed E-state index contributed by atoms with van der Waals surface area (Å²) in [5.41, 5.74) is 2.82. The van der Waals surface area contributed by atoms with Gasteiger partial charge < -0.3 is 9.80 Å². The number of allylic oxidation sites excluding steroid dienone is 2. The van der Waals surface area contributed by atoms with E-state index in [1.807, 2.05) is 0 Å². The Morgan fingerprint density at radius 2 is 1.12 bits per heavy atom. The van der Waals surface area contributed by atoms with Gasteiger partial charge in [-0.1, -0.05) is 0 Å². The smallest absolute Gasteiger partial charge is 0.278 e. The highest BCUT2D eigenvalue weighted by Gasteiger charge is 2.26. The predicted octanol–water partition coefficient (Wildman–Crippen LogP) is 4.46. The third-order valence-corrected chi connectivity index (χ3v) is 5.36. The zero-order valence-electron chi connectivity index (χ0n) is 18.4. The first-order valence-electron chi connectivity index (χ1n) is 9.96. The molecule has 166 valence electrons. The number of nitro benzene ring substituents is 2. The van der Waals surface area contributed by atoms with E-state index < -0.39 is 9.85 Å². The predicted molar refractivity (Wildman–Crippen MR) is 125 cm³/mol. The number of hydrogen-bond donors (Lipinski definition) is 0. The van der Waals surface area contributed by atoms with Gasteiger partial charge in [0, 0.05) is 62.8 Å². The van der Waals surface area contributed by atoms with Gasteiger partial charge in [0.05, 0.1) is 21.0 Å². The summed E-state index contributed by atoms with van der Waals surface area (Å²) in [5, 5.41) is 23.1. The summed E-state index contributed by atoms with van der Waals surface area (Å²) >= 11 is 0. The maximum atomic E-state index is 12.9. The van der Waals surface area contributed by atoms with Gasteiger partial charge in [-0.3, -0.25) is 25.0 Å².